The van der Waals surface area contributed by atoms with Crippen molar-refractivity contribution in [1.29, 1.82) is 0 Å². The van der Waals surface area contributed by atoms with Crippen molar-refractivity contribution in [1.82, 2.24) is 10.2 Å². The Morgan fingerprint density at radius 2 is 2.33 bits per heavy atom. The van der Waals surface area contributed by atoms with Gasteiger partial charge in [-0.1, -0.05) is 11.6 Å². The molecule has 0 bridgehead atoms. The molecule has 5 heteroatoms. The smallest absolute Gasteiger partial charge is 0.251 e. The quantitative estimate of drug-likeness (QED) is 0.803. The molecule has 0 radical (unpaired) electrons. The molecule has 1 unspecified atom stereocenters. The Morgan fingerprint density at radius 3 is 3.00 bits per heavy atom. The van der Waals surface area contributed by atoms with Gasteiger partial charge in [0.2, 0.25) is 0 Å². The Labute approximate surface area is 112 Å². The summed E-state index contributed by atoms with van der Waals surface area (Å²) in [4.78, 5) is 14.3. The number of likely N-dealkylation sites (N-methyl/N-ethyl adjacent to an activating group) is 1. The van der Waals surface area contributed by atoms with Gasteiger partial charge in [0.05, 0.1) is 10.7 Å². The molecule has 1 saturated heterocycles. The van der Waals surface area contributed by atoms with Crippen LogP contribution in [0.4, 0.5) is 5.69 Å². The zero-order valence-electron chi connectivity index (χ0n) is 10.4. The lowest BCUT2D eigenvalue weighted by atomic mass is 10.1. The van der Waals surface area contributed by atoms with Crippen molar-refractivity contribution in [2.45, 2.75) is 18.9 Å². The van der Waals surface area contributed by atoms with Crippen LogP contribution in [0.15, 0.2) is 18.2 Å². The Balaban J connectivity index is 2.00. The predicted molar refractivity (Wildman–Crippen MR) is 73.8 cm³/mol. The van der Waals surface area contributed by atoms with Gasteiger partial charge >= 0.3 is 0 Å². The van der Waals surface area contributed by atoms with Crippen molar-refractivity contribution in [3.8, 4) is 0 Å². The molecule has 1 heterocycles. The number of carbonyl (C=O) groups excluding carboxylic acids is 1. The molecule has 0 aliphatic carbocycles. The summed E-state index contributed by atoms with van der Waals surface area (Å²) in [7, 11) is 2.07. The molecule has 1 aromatic rings. The molecular formula is C13H18ClN3O. The van der Waals surface area contributed by atoms with Crippen molar-refractivity contribution >= 4 is 23.2 Å². The lowest BCUT2D eigenvalue weighted by Gasteiger charge is -2.30. The Morgan fingerprint density at radius 1 is 1.56 bits per heavy atom. The fourth-order valence-corrected chi connectivity index (χ4v) is 2.40. The number of hydrogen-bond donors (Lipinski definition) is 2. The van der Waals surface area contributed by atoms with E-state index in [2.05, 4.69) is 17.3 Å². The molecule has 0 spiro atoms. The third-order valence-electron chi connectivity index (χ3n) is 3.22. The molecule has 1 aliphatic heterocycles. The van der Waals surface area contributed by atoms with Crippen LogP contribution in [0.25, 0.3) is 0 Å². The first-order valence-electron chi connectivity index (χ1n) is 6.10. The topological polar surface area (TPSA) is 58.4 Å². The summed E-state index contributed by atoms with van der Waals surface area (Å²) in [6.07, 6.45) is 2.14. The van der Waals surface area contributed by atoms with Crippen molar-refractivity contribution in [2.75, 3.05) is 25.9 Å². The van der Waals surface area contributed by atoms with Crippen LogP contribution >= 0.6 is 11.6 Å². The van der Waals surface area contributed by atoms with Crippen molar-refractivity contribution in [2.24, 2.45) is 0 Å². The third-order valence-corrected chi connectivity index (χ3v) is 3.55. The number of amides is 1. The molecule has 1 atom stereocenters. The second-order valence-corrected chi connectivity index (χ2v) is 5.22. The first kappa shape index (κ1) is 13.2. The lowest BCUT2D eigenvalue weighted by Crippen LogP contribution is -2.46. The number of nitrogen functional groups attached to an aromatic ring is 1. The van der Waals surface area contributed by atoms with Crippen LogP contribution in [0, 0.1) is 0 Å². The number of likely N-dealkylation sites (tertiary alicyclic amines) is 1. The minimum atomic E-state index is -0.0859. The average molecular weight is 268 g/mol. The summed E-state index contributed by atoms with van der Waals surface area (Å²) in [6.45, 7) is 1.99. The fourth-order valence-electron chi connectivity index (χ4n) is 2.22. The summed E-state index contributed by atoms with van der Waals surface area (Å²) < 4.78 is 0. The van der Waals surface area contributed by atoms with Gasteiger partial charge in [-0.15, -0.1) is 0 Å². The normalized spacial score (nSPS) is 20.7. The molecule has 98 valence electrons. The number of piperidine rings is 1. The summed E-state index contributed by atoms with van der Waals surface area (Å²) in [5, 5.41) is 3.45. The molecule has 1 aromatic carbocycles. The monoisotopic (exact) mass is 267 g/mol. The molecular weight excluding hydrogens is 250 g/mol. The minimum absolute atomic E-state index is 0.0859. The van der Waals surface area contributed by atoms with E-state index in [-0.39, 0.29) is 11.9 Å². The Hall–Kier alpha value is -1.26. The summed E-state index contributed by atoms with van der Waals surface area (Å²) in [5.74, 6) is -0.0859. The number of anilines is 1. The molecule has 0 aromatic heterocycles. The van der Waals surface area contributed by atoms with Gasteiger partial charge in [-0.3, -0.25) is 4.79 Å². The highest BCUT2D eigenvalue weighted by atomic mass is 35.5. The SMILES string of the molecule is CN1CCCC(NC(=O)c2ccc(N)c(Cl)c2)C1. The average Bonchev–Trinajstić information content (AvgIpc) is 2.32. The minimum Gasteiger partial charge on any atom is -0.398 e. The van der Waals surface area contributed by atoms with Gasteiger partial charge in [0.15, 0.2) is 0 Å². The number of hydrogen-bond acceptors (Lipinski definition) is 3. The van der Waals surface area contributed by atoms with Crippen LogP contribution in [0.3, 0.4) is 0 Å². The maximum Gasteiger partial charge on any atom is 0.251 e. The summed E-state index contributed by atoms with van der Waals surface area (Å²) in [5.41, 5.74) is 6.67. The van der Waals surface area contributed by atoms with E-state index in [0.29, 0.717) is 16.3 Å². The van der Waals surface area contributed by atoms with E-state index in [9.17, 15) is 4.79 Å². The number of nitrogens with two attached hydrogens (primary N) is 1. The van der Waals surface area contributed by atoms with Crippen molar-refractivity contribution in [3.63, 3.8) is 0 Å². The van der Waals surface area contributed by atoms with Crippen LogP contribution < -0.4 is 11.1 Å². The summed E-state index contributed by atoms with van der Waals surface area (Å²) >= 11 is 5.91. The highest BCUT2D eigenvalue weighted by Crippen LogP contribution is 2.20. The van der Waals surface area contributed by atoms with E-state index in [1.807, 2.05) is 0 Å². The number of rotatable bonds is 2. The Bertz CT molecular complexity index is 450. The van der Waals surface area contributed by atoms with E-state index in [0.717, 1.165) is 25.9 Å². The van der Waals surface area contributed by atoms with E-state index in [4.69, 9.17) is 17.3 Å². The van der Waals surface area contributed by atoms with Crippen molar-refractivity contribution < 1.29 is 4.79 Å². The zero-order chi connectivity index (χ0) is 13.1. The van der Waals surface area contributed by atoms with E-state index in [1.165, 1.54) is 0 Å². The highest BCUT2D eigenvalue weighted by molar-refractivity contribution is 6.33. The van der Waals surface area contributed by atoms with Gasteiger partial charge in [0.1, 0.15) is 0 Å². The van der Waals surface area contributed by atoms with Crippen molar-refractivity contribution in [3.05, 3.63) is 28.8 Å². The van der Waals surface area contributed by atoms with Crippen LogP contribution in [0.5, 0.6) is 0 Å². The van der Waals surface area contributed by atoms with E-state index < -0.39 is 0 Å². The van der Waals surface area contributed by atoms with Gasteiger partial charge in [0, 0.05) is 18.2 Å². The van der Waals surface area contributed by atoms with Gasteiger partial charge in [0.25, 0.3) is 5.91 Å². The third kappa shape index (κ3) is 3.15. The summed E-state index contributed by atoms with van der Waals surface area (Å²) in [6, 6.07) is 5.18. The molecule has 1 amide bonds. The van der Waals surface area contributed by atoms with Gasteiger partial charge in [-0.25, -0.2) is 0 Å². The maximum atomic E-state index is 12.1. The molecule has 4 nitrogen and oxygen atoms in total. The second kappa shape index (κ2) is 5.59. The van der Waals surface area contributed by atoms with Crippen LogP contribution in [-0.2, 0) is 0 Å². The molecule has 1 aliphatic rings. The van der Waals surface area contributed by atoms with Gasteiger partial charge < -0.3 is 16.0 Å². The van der Waals surface area contributed by atoms with Crippen LogP contribution in [-0.4, -0.2) is 37.0 Å². The first-order valence-corrected chi connectivity index (χ1v) is 6.48. The molecule has 18 heavy (non-hydrogen) atoms. The Kier molecular flexibility index (Phi) is 4.09. The number of carbonyl (C=O) groups is 1. The number of benzene rings is 1. The highest BCUT2D eigenvalue weighted by Gasteiger charge is 2.19. The number of nitrogens with one attached hydrogen (secondary N) is 1. The number of nitrogens with zero attached hydrogens (tertiary/aromatic N) is 1. The standard InChI is InChI=1S/C13H18ClN3O/c1-17-6-2-3-10(8-17)16-13(18)9-4-5-12(15)11(14)7-9/h4-5,7,10H,2-3,6,8,15H2,1H3,(H,16,18). The van der Waals surface area contributed by atoms with E-state index >= 15 is 0 Å². The van der Waals surface area contributed by atoms with Gasteiger partial charge in [-0.2, -0.15) is 0 Å². The first-order chi connectivity index (χ1) is 8.56. The maximum absolute atomic E-state index is 12.1. The van der Waals surface area contributed by atoms with E-state index in [1.54, 1.807) is 18.2 Å². The fraction of sp³-hybridized carbons (Fsp3) is 0.462. The predicted octanol–water partition coefficient (Wildman–Crippen LogP) is 1.75. The largest absolute Gasteiger partial charge is 0.398 e. The van der Waals surface area contributed by atoms with Crippen LogP contribution in [0.1, 0.15) is 23.2 Å². The van der Waals surface area contributed by atoms with Gasteiger partial charge in [-0.05, 0) is 44.6 Å². The number of halogens is 1. The zero-order valence-corrected chi connectivity index (χ0v) is 11.2. The van der Waals surface area contributed by atoms with Crippen LogP contribution in [0.2, 0.25) is 5.02 Å². The second-order valence-electron chi connectivity index (χ2n) is 4.81. The molecule has 0 saturated carbocycles. The molecule has 3 N–H and O–H groups in total. The lowest BCUT2D eigenvalue weighted by molar-refractivity contribution is 0.0912. The molecule has 1 fully saturated rings. The molecule has 2 rings (SSSR count).